The average Bonchev–Trinajstić information content (AvgIpc) is 2.61. The Bertz CT molecular complexity index is 820. The number of pyridine rings is 1. The number of fused-ring (bicyclic) bond motifs is 1. The van der Waals surface area contributed by atoms with Gasteiger partial charge in [-0.2, -0.15) is 0 Å². The molecule has 0 amide bonds. The van der Waals surface area contributed by atoms with Crippen LogP contribution in [0.15, 0.2) is 24.4 Å². The van der Waals surface area contributed by atoms with Crippen molar-refractivity contribution in [3.8, 4) is 0 Å². The van der Waals surface area contributed by atoms with Crippen LogP contribution in [-0.2, 0) is 6.42 Å². The van der Waals surface area contributed by atoms with Gasteiger partial charge in [-0.15, -0.1) is 0 Å². The zero-order valence-corrected chi connectivity index (χ0v) is 16.6. The fourth-order valence-electron chi connectivity index (χ4n) is 4.05. The second-order valence-corrected chi connectivity index (χ2v) is 8.77. The van der Waals surface area contributed by atoms with Gasteiger partial charge in [-0.3, -0.25) is 0 Å². The van der Waals surface area contributed by atoms with Crippen LogP contribution >= 0.6 is 11.6 Å². The first-order chi connectivity index (χ1) is 12.9. The summed E-state index contributed by atoms with van der Waals surface area (Å²) in [5.74, 6) is 1.54. The van der Waals surface area contributed by atoms with Crippen molar-refractivity contribution in [1.82, 2.24) is 15.0 Å². The average molecular weight is 388 g/mol. The highest BCUT2D eigenvalue weighted by atomic mass is 35.5. The molecule has 7 heteroatoms. The van der Waals surface area contributed by atoms with Crippen molar-refractivity contribution in [3.05, 3.63) is 40.8 Å². The molecule has 1 aliphatic carbocycles. The normalized spacial score (nSPS) is 22.4. The lowest BCUT2D eigenvalue weighted by atomic mass is 9.74. The number of rotatable bonds is 3. The Morgan fingerprint density at radius 2 is 2.00 bits per heavy atom. The highest BCUT2D eigenvalue weighted by molar-refractivity contribution is 6.29. The molecule has 3 heterocycles. The van der Waals surface area contributed by atoms with E-state index in [2.05, 4.69) is 34.0 Å². The second-order valence-electron chi connectivity index (χ2n) is 8.38. The quantitative estimate of drug-likeness (QED) is 0.783. The summed E-state index contributed by atoms with van der Waals surface area (Å²) in [7, 11) is 0. The maximum absolute atomic E-state index is 9.74. The van der Waals surface area contributed by atoms with E-state index in [0.29, 0.717) is 5.15 Å². The SMILES string of the molecule is CC1(C)Cc2nc(N3CCC(O)CC3)ncc2[C@H](Nc2cccc(Cl)n2)C1. The molecular formula is C20H26ClN5O. The molecule has 0 aromatic carbocycles. The predicted molar refractivity (Wildman–Crippen MR) is 107 cm³/mol. The Hall–Kier alpha value is -1.92. The van der Waals surface area contributed by atoms with Gasteiger partial charge in [0.2, 0.25) is 5.95 Å². The van der Waals surface area contributed by atoms with Crippen molar-refractivity contribution in [1.29, 1.82) is 0 Å². The van der Waals surface area contributed by atoms with Crippen LogP contribution < -0.4 is 10.2 Å². The maximum atomic E-state index is 9.74. The van der Waals surface area contributed by atoms with Crippen molar-refractivity contribution in [2.75, 3.05) is 23.3 Å². The Balaban J connectivity index is 1.61. The van der Waals surface area contributed by atoms with Crippen molar-refractivity contribution >= 4 is 23.4 Å². The van der Waals surface area contributed by atoms with Crippen molar-refractivity contribution < 1.29 is 5.11 Å². The number of hydrogen-bond donors (Lipinski definition) is 2. The Morgan fingerprint density at radius 1 is 1.22 bits per heavy atom. The number of halogens is 1. The zero-order chi connectivity index (χ0) is 19.0. The molecule has 27 heavy (non-hydrogen) atoms. The van der Waals surface area contributed by atoms with Crippen molar-refractivity contribution in [2.45, 2.75) is 51.7 Å². The summed E-state index contributed by atoms with van der Waals surface area (Å²) in [6.07, 6.45) is 5.21. The topological polar surface area (TPSA) is 74.2 Å². The molecule has 0 saturated carbocycles. The molecule has 1 aliphatic heterocycles. The van der Waals surface area contributed by atoms with E-state index in [-0.39, 0.29) is 17.6 Å². The van der Waals surface area contributed by atoms with E-state index in [9.17, 15) is 5.11 Å². The van der Waals surface area contributed by atoms with Crippen LogP contribution in [0.25, 0.3) is 0 Å². The highest BCUT2D eigenvalue weighted by Gasteiger charge is 2.34. The summed E-state index contributed by atoms with van der Waals surface area (Å²) in [5, 5.41) is 13.7. The molecule has 0 spiro atoms. The van der Waals surface area contributed by atoms with Crippen molar-refractivity contribution in [2.24, 2.45) is 5.41 Å². The second kappa shape index (κ2) is 7.24. The van der Waals surface area contributed by atoms with Crippen LogP contribution in [0.1, 0.15) is 50.4 Å². The smallest absolute Gasteiger partial charge is 0.225 e. The monoisotopic (exact) mass is 387 g/mol. The summed E-state index contributed by atoms with van der Waals surface area (Å²) in [4.78, 5) is 16.1. The van der Waals surface area contributed by atoms with Gasteiger partial charge in [-0.25, -0.2) is 15.0 Å². The molecule has 0 bridgehead atoms. The third-order valence-electron chi connectivity index (χ3n) is 5.45. The molecule has 1 atom stereocenters. The zero-order valence-electron chi connectivity index (χ0n) is 15.8. The van der Waals surface area contributed by atoms with E-state index in [1.165, 1.54) is 0 Å². The van der Waals surface area contributed by atoms with Gasteiger partial charge >= 0.3 is 0 Å². The molecule has 2 N–H and O–H groups in total. The number of anilines is 2. The summed E-state index contributed by atoms with van der Waals surface area (Å²) in [6, 6.07) is 5.71. The van der Waals surface area contributed by atoms with Crippen LogP contribution in [0.3, 0.4) is 0 Å². The van der Waals surface area contributed by atoms with Crippen LogP contribution in [0.4, 0.5) is 11.8 Å². The molecule has 2 aromatic heterocycles. The van der Waals surface area contributed by atoms with Crippen LogP contribution in [0.2, 0.25) is 5.15 Å². The minimum atomic E-state index is -0.198. The van der Waals surface area contributed by atoms with Crippen LogP contribution in [0, 0.1) is 5.41 Å². The number of nitrogens with zero attached hydrogens (tertiary/aromatic N) is 4. The molecular weight excluding hydrogens is 362 g/mol. The van der Waals surface area contributed by atoms with Gasteiger partial charge < -0.3 is 15.3 Å². The van der Waals surface area contributed by atoms with E-state index < -0.39 is 0 Å². The van der Waals surface area contributed by atoms with E-state index in [1.807, 2.05) is 18.3 Å². The number of nitrogens with one attached hydrogen (secondary N) is 1. The van der Waals surface area contributed by atoms with Gasteiger partial charge in [-0.1, -0.05) is 31.5 Å². The van der Waals surface area contributed by atoms with E-state index in [0.717, 1.165) is 61.8 Å². The van der Waals surface area contributed by atoms with E-state index in [1.54, 1.807) is 6.07 Å². The van der Waals surface area contributed by atoms with Gasteiger partial charge in [0.1, 0.15) is 11.0 Å². The summed E-state index contributed by atoms with van der Waals surface area (Å²) in [6.45, 7) is 6.15. The summed E-state index contributed by atoms with van der Waals surface area (Å²) in [5.41, 5.74) is 2.37. The lowest BCUT2D eigenvalue weighted by Gasteiger charge is -2.37. The number of hydrogen-bond acceptors (Lipinski definition) is 6. The molecule has 0 radical (unpaired) electrons. The summed E-state index contributed by atoms with van der Waals surface area (Å²) >= 11 is 6.04. The first kappa shape index (κ1) is 18.4. The molecule has 2 aliphatic rings. The van der Waals surface area contributed by atoms with Gasteiger partial charge in [0.25, 0.3) is 0 Å². The molecule has 1 fully saturated rings. The first-order valence-electron chi connectivity index (χ1n) is 9.57. The molecule has 6 nitrogen and oxygen atoms in total. The van der Waals surface area contributed by atoms with E-state index in [4.69, 9.17) is 16.6 Å². The standard InChI is InChI=1S/C20H26ClN5O/c1-20(2)10-15(23-18-5-3-4-17(21)25-18)14-12-22-19(24-16(14)11-20)26-8-6-13(27)7-9-26/h3-5,12-13,15,27H,6-11H2,1-2H3,(H,23,25)/t15-/m1/s1. The van der Waals surface area contributed by atoms with E-state index >= 15 is 0 Å². The third-order valence-corrected chi connectivity index (χ3v) is 5.66. The van der Waals surface area contributed by atoms with Crippen LogP contribution in [0.5, 0.6) is 0 Å². The minimum Gasteiger partial charge on any atom is -0.393 e. The lowest BCUT2D eigenvalue weighted by Crippen LogP contribution is -2.38. The number of aliphatic hydroxyl groups is 1. The molecule has 1 saturated heterocycles. The van der Waals surface area contributed by atoms with Gasteiger partial charge in [0.05, 0.1) is 17.8 Å². The number of aliphatic hydroxyl groups excluding tert-OH is 1. The molecule has 2 aromatic rings. The highest BCUT2D eigenvalue weighted by Crippen LogP contribution is 2.41. The largest absolute Gasteiger partial charge is 0.393 e. The fraction of sp³-hybridized carbons (Fsp3) is 0.550. The van der Waals surface area contributed by atoms with Gasteiger partial charge in [0.15, 0.2) is 0 Å². The Labute approximate surface area is 165 Å². The summed E-state index contributed by atoms with van der Waals surface area (Å²) < 4.78 is 0. The van der Waals surface area contributed by atoms with Gasteiger partial charge in [0, 0.05) is 24.8 Å². The van der Waals surface area contributed by atoms with Gasteiger partial charge in [-0.05, 0) is 43.2 Å². The lowest BCUT2D eigenvalue weighted by molar-refractivity contribution is 0.145. The Morgan fingerprint density at radius 3 is 2.74 bits per heavy atom. The fourth-order valence-corrected chi connectivity index (χ4v) is 4.21. The molecule has 144 valence electrons. The minimum absolute atomic E-state index is 0.104. The molecule has 4 rings (SSSR count). The number of aromatic nitrogens is 3. The predicted octanol–water partition coefficient (Wildman–Crippen LogP) is 3.61. The molecule has 0 unspecified atom stereocenters. The first-order valence-corrected chi connectivity index (χ1v) is 9.95. The Kier molecular flexibility index (Phi) is 4.95. The van der Waals surface area contributed by atoms with Crippen LogP contribution in [-0.4, -0.2) is 39.3 Å². The van der Waals surface area contributed by atoms with Crippen molar-refractivity contribution in [3.63, 3.8) is 0 Å². The number of piperidine rings is 1. The maximum Gasteiger partial charge on any atom is 0.225 e. The third kappa shape index (κ3) is 4.17.